The highest BCUT2D eigenvalue weighted by Crippen LogP contribution is 2.26. The highest BCUT2D eigenvalue weighted by molar-refractivity contribution is 7.13. The molecule has 3 aromatic rings. The van der Waals surface area contributed by atoms with E-state index < -0.39 is 11.6 Å². The summed E-state index contributed by atoms with van der Waals surface area (Å²) >= 11 is 1.28. The maximum Gasteiger partial charge on any atom is 0.277 e. The first kappa shape index (κ1) is 15.4. The van der Waals surface area contributed by atoms with E-state index in [9.17, 15) is 13.6 Å². The second kappa shape index (κ2) is 6.29. The number of aromatic nitrogens is 1. The van der Waals surface area contributed by atoms with E-state index in [0.717, 1.165) is 12.1 Å². The molecule has 0 saturated heterocycles. The number of amides is 1. The molecule has 118 valence electrons. The van der Waals surface area contributed by atoms with E-state index in [-0.39, 0.29) is 17.3 Å². The van der Waals surface area contributed by atoms with Crippen molar-refractivity contribution in [3.05, 3.63) is 59.3 Å². The van der Waals surface area contributed by atoms with Gasteiger partial charge in [-0.05, 0) is 31.2 Å². The van der Waals surface area contributed by atoms with Crippen molar-refractivity contribution < 1.29 is 18.0 Å². The van der Waals surface area contributed by atoms with Crippen molar-refractivity contribution in [1.29, 1.82) is 0 Å². The van der Waals surface area contributed by atoms with Crippen LogP contribution in [-0.4, -0.2) is 17.4 Å². The molecule has 3 rings (SSSR count). The topological polar surface area (TPSA) is 46.3 Å². The fraction of sp³-hybridized carbons (Fsp3) is 0.125. The van der Waals surface area contributed by atoms with Crippen molar-refractivity contribution in [3.63, 3.8) is 0 Å². The molecule has 0 spiro atoms. The number of carbonyl (C=O) groups excluding carboxylic acids is 1. The first-order valence-electron chi connectivity index (χ1n) is 6.86. The summed E-state index contributed by atoms with van der Waals surface area (Å²) in [6.45, 7) is 2.05. The van der Waals surface area contributed by atoms with Crippen molar-refractivity contribution in [2.24, 2.45) is 0 Å². The minimum Gasteiger partial charge on any atom is -0.462 e. The Balaban J connectivity index is 1.89. The Hall–Kier alpha value is -2.54. The zero-order valence-corrected chi connectivity index (χ0v) is 12.9. The van der Waals surface area contributed by atoms with Gasteiger partial charge < -0.3 is 9.32 Å². The van der Waals surface area contributed by atoms with Crippen LogP contribution in [0, 0.1) is 11.6 Å². The third kappa shape index (κ3) is 3.00. The molecule has 1 aromatic carbocycles. The Kier molecular flexibility index (Phi) is 4.20. The Morgan fingerprint density at radius 2 is 2.13 bits per heavy atom. The lowest BCUT2D eigenvalue weighted by Crippen LogP contribution is -2.31. The molecule has 1 amide bonds. The lowest BCUT2D eigenvalue weighted by atomic mass is 10.2. The van der Waals surface area contributed by atoms with Crippen LogP contribution in [0.4, 0.5) is 14.5 Å². The van der Waals surface area contributed by atoms with Crippen molar-refractivity contribution in [1.82, 2.24) is 4.98 Å². The zero-order chi connectivity index (χ0) is 16.4. The van der Waals surface area contributed by atoms with Crippen LogP contribution in [-0.2, 0) is 0 Å². The van der Waals surface area contributed by atoms with Crippen LogP contribution in [0.25, 0.3) is 10.8 Å². The number of hydrogen-bond acceptors (Lipinski definition) is 4. The van der Waals surface area contributed by atoms with Gasteiger partial charge in [-0.2, -0.15) is 0 Å². The number of halogens is 2. The third-order valence-corrected chi connectivity index (χ3v) is 4.09. The van der Waals surface area contributed by atoms with Crippen LogP contribution in [0.1, 0.15) is 17.4 Å². The smallest absolute Gasteiger partial charge is 0.277 e. The molecular formula is C16H12F2N2O2S. The molecule has 0 fully saturated rings. The maximum absolute atomic E-state index is 13.4. The lowest BCUT2D eigenvalue weighted by molar-refractivity contribution is 0.0984. The largest absolute Gasteiger partial charge is 0.462 e. The minimum atomic E-state index is -0.997. The molecule has 2 heterocycles. The van der Waals surface area contributed by atoms with Gasteiger partial charge in [-0.1, -0.05) is 0 Å². The second-order valence-corrected chi connectivity index (χ2v) is 5.52. The number of benzene rings is 1. The summed E-state index contributed by atoms with van der Waals surface area (Å²) in [6.07, 6.45) is 1.53. The Morgan fingerprint density at radius 1 is 1.30 bits per heavy atom. The maximum atomic E-state index is 13.4. The predicted molar refractivity (Wildman–Crippen MR) is 83.5 cm³/mol. The van der Waals surface area contributed by atoms with E-state index in [4.69, 9.17) is 4.42 Å². The summed E-state index contributed by atoms with van der Waals surface area (Å²) in [5.41, 5.74) is 0.511. The summed E-state index contributed by atoms with van der Waals surface area (Å²) in [6, 6.07) is 6.84. The van der Waals surface area contributed by atoms with Gasteiger partial charge in [0.15, 0.2) is 22.4 Å². The molecular weight excluding hydrogens is 322 g/mol. The molecule has 0 atom stereocenters. The minimum absolute atomic E-state index is 0.230. The number of thiazole rings is 1. The molecule has 0 radical (unpaired) electrons. The molecule has 0 N–H and O–H groups in total. The standard InChI is InChI=1S/C16H12F2N2O2S/c1-2-20(10-5-6-11(17)12(18)8-10)16(21)13-9-23-15(19-13)14-4-3-7-22-14/h3-9H,2H2,1H3. The van der Waals surface area contributed by atoms with E-state index in [0.29, 0.717) is 17.3 Å². The average molecular weight is 334 g/mol. The molecule has 0 aliphatic carbocycles. The van der Waals surface area contributed by atoms with E-state index in [1.165, 1.54) is 28.6 Å². The fourth-order valence-corrected chi connectivity index (χ4v) is 2.88. The molecule has 0 aliphatic rings. The average Bonchev–Trinajstić information content (AvgIpc) is 3.21. The molecule has 0 saturated carbocycles. The van der Waals surface area contributed by atoms with Crippen LogP contribution < -0.4 is 4.90 Å². The van der Waals surface area contributed by atoms with Gasteiger partial charge >= 0.3 is 0 Å². The van der Waals surface area contributed by atoms with E-state index in [1.807, 2.05) is 0 Å². The number of furan rings is 1. The van der Waals surface area contributed by atoms with Gasteiger partial charge in [0.05, 0.1) is 6.26 Å². The van der Waals surface area contributed by atoms with Gasteiger partial charge in [0.2, 0.25) is 0 Å². The van der Waals surface area contributed by atoms with Crippen molar-refractivity contribution in [2.45, 2.75) is 6.92 Å². The Bertz CT molecular complexity index is 830. The zero-order valence-electron chi connectivity index (χ0n) is 12.1. The lowest BCUT2D eigenvalue weighted by Gasteiger charge is -2.20. The number of rotatable bonds is 4. The fourth-order valence-electron chi connectivity index (χ4n) is 2.12. The quantitative estimate of drug-likeness (QED) is 0.713. The van der Waals surface area contributed by atoms with Gasteiger partial charge in [-0.25, -0.2) is 13.8 Å². The monoisotopic (exact) mass is 334 g/mol. The van der Waals surface area contributed by atoms with Crippen molar-refractivity contribution >= 4 is 22.9 Å². The highest BCUT2D eigenvalue weighted by Gasteiger charge is 2.21. The molecule has 0 unspecified atom stereocenters. The summed E-state index contributed by atoms with van der Waals surface area (Å²) in [5.74, 6) is -1.76. The third-order valence-electron chi connectivity index (χ3n) is 3.23. The van der Waals surface area contributed by atoms with Gasteiger partial charge in [0.25, 0.3) is 5.91 Å². The molecule has 4 nitrogen and oxygen atoms in total. The van der Waals surface area contributed by atoms with Crippen LogP contribution >= 0.6 is 11.3 Å². The first-order valence-corrected chi connectivity index (χ1v) is 7.74. The number of carbonyl (C=O) groups is 1. The number of anilines is 1. The molecule has 0 aliphatic heterocycles. The van der Waals surface area contributed by atoms with Crippen LogP contribution in [0.15, 0.2) is 46.4 Å². The van der Waals surface area contributed by atoms with E-state index in [1.54, 1.807) is 24.4 Å². The number of hydrogen-bond donors (Lipinski definition) is 0. The first-order chi connectivity index (χ1) is 11.1. The summed E-state index contributed by atoms with van der Waals surface area (Å²) in [5, 5.41) is 2.20. The van der Waals surface area contributed by atoms with Crippen LogP contribution in [0.3, 0.4) is 0 Å². The van der Waals surface area contributed by atoms with Gasteiger partial charge in [0.1, 0.15) is 5.69 Å². The van der Waals surface area contributed by atoms with E-state index in [2.05, 4.69) is 4.98 Å². The normalized spacial score (nSPS) is 10.7. The Morgan fingerprint density at radius 3 is 2.78 bits per heavy atom. The SMILES string of the molecule is CCN(C(=O)c1csc(-c2ccco2)n1)c1ccc(F)c(F)c1. The van der Waals surface area contributed by atoms with E-state index >= 15 is 0 Å². The predicted octanol–water partition coefficient (Wildman–Crippen LogP) is 4.35. The van der Waals surface area contributed by atoms with Crippen LogP contribution in [0.2, 0.25) is 0 Å². The van der Waals surface area contributed by atoms with Gasteiger partial charge in [-0.3, -0.25) is 4.79 Å². The summed E-state index contributed by atoms with van der Waals surface area (Å²) < 4.78 is 31.7. The summed E-state index contributed by atoms with van der Waals surface area (Å²) in [4.78, 5) is 18.2. The highest BCUT2D eigenvalue weighted by atomic mass is 32.1. The molecule has 2 aromatic heterocycles. The molecule has 23 heavy (non-hydrogen) atoms. The molecule has 7 heteroatoms. The van der Waals surface area contributed by atoms with Crippen LogP contribution in [0.5, 0.6) is 0 Å². The van der Waals surface area contributed by atoms with Crippen molar-refractivity contribution in [2.75, 3.05) is 11.4 Å². The number of nitrogens with zero attached hydrogens (tertiary/aromatic N) is 2. The van der Waals surface area contributed by atoms with Crippen molar-refractivity contribution in [3.8, 4) is 10.8 Å². The van der Waals surface area contributed by atoms with Gasteiger partial charge in [0, 0.05) is 23.7 Å². The van der Waals surface area contributed by atoms with Gasteiger partial charge in [-0.15, -0.1) is 11.3 Å². The second-order valence-electron chi connectivity index (χ2n) is 4.66. The summed E-state index contributed by atoms with van der Waals surface area (Å²) in [7, 11) is 0. The molecule has 0 bridgehead atoms. The Labute approximate surface area is 135 Å².